The van der Waals surface area contributed by atoms with Gasteiger partial charge in [0.25, 0.3) is 0 Å². The Kier molecular flexibility index (Phi) is 42.5. The molecule has 0 aliphatic carbocycles. The number of allylic oxidation sites excluding steroid dienone is 7. The summed E-state index contributed by atoms with van der Waals surface area (Å²) in [5.41, 5.74) is 2.45. The molecule has 0 N–H and O–H groups in total. The van der Waals surface area contributed by atoms with Crippen LogP contribution in [0.25, 0.3) is 0 Å². The molecule has 0 atom stereocenters. The van der Waals surface area contributed by atoms with E-state index >= 15 is 0 Å². The number of hydrogen-bond acceptors (Lipinski definition) is 0. The van der Waals surface area contributed by atoms with Crippen molar-refractivity contribution < 1.29 is 0 Å². The molecule has 0 unspecified atom stereocenters. The zero-order valence-electron chi connectivity index (χ0n) is 14.3. The van der Waals surface area contributed by atoms with E-state index in [0.29, 0.717) is 0 Å². The van der Waals surface area contributed by atoms with Crippen molar-refractivity contribution in [1.29, 1.82) is 0 Å². The average Bonchev–Trinajstić information content (AvgIpc) is 2.44. The fourth-order valence-electron chi connectivity index (χ4n) is 0.727. The summed E-state index contributed by atoms with van der Waals surface area (Å²) < 4.78 is 0. The summed E-state index contributed by atoms with van der Waals surface area (Å²) in [7, 11) is 0. The van der Waals surface area contributed by atoms with Crippen LogP contribution in [0, 0.1) is 0 Å². The Hall–Kier alpha value is -1.04. The predicted octanol–water partition coefficient (Wildman–Crippen LogP) is 7.11. The van der Waals surface area contributed by atoms with Gasteiger partial charge in [-0.05, 0) is 31.9 Å². The van der Waals surface area contributed by atoms with Crippen molar-refractivity contribution in [3.63, 3.8) is 0 Å². The Morgan fingerprint density at radius 3 is 1.61 bits per heavy atom. The van der Waals surface area contributed by atoms with E-state index in [0.717, 1.165) is 0 Å². The molecule has 108 valence electrons. The van der Waals surface area contributed by atoms with Crippen molar-refractivity contribution in [2.24, 2.45) is 0 Å². The predicted molar refractivity (Wildman–Crippen MR) is 91.2 cm³/mol. The van der Waals surface area contributed by atoms with E-state index in [1.54, 1.807) is 0 Å². The highest BCUT2D eigenvalue weighted by molar-refractivity contribution is 5.39. The average molecular weight is 252 g/mol. The first-order valence-corrected chi connectivity index (χ1v) is 7.26. The number of hydrogen-bond donors (Lipinski definition) is 0. The first-order valence-electron chi connectivity index (χ1n) is 7.26. The maximum Gasteiger partial charge on any atom is -0.0237 e. The van der Waals surface area contributed by atoms with Gasteiger partial charge >= 0.3 is 0 Å². The molecule has 0 rings (SSSR count). The quantitative estimate of drug-likeness (QED) is 0.469. The second kappa shape index (κ2) is 29.7. The summed E-state index contributed by atoms with van der Waals surface area (Å²) in [6, 6.07) is 0. The highest BCUT2D eigenvalue weighted by atomic mass is 13.9. The van der Waals surface area contributed by atoms with E-state index in [1.165, 1.54) is 17.6 Å². The van der Waals surface area contributed by atoms with Crippen LogP contribution >= 0.6 is 0 Å². The van der Waals surface area contributed by atoms with E-state index in [4.69, 9.17) is 0 Å². The smallest absolute Gasteiger partial charge is 0.0237 e. The van der Waals surface area contributed by atoms with Crippen molar-refractivity contribution in [2.45, 2.75) is 68.7 Å². The Morgan fingerprint density at radius 1 is 1.00 bits per heavy atom. The van der Waals surface area contributed by atoms with Crippen LogP contribution in [-0.4, -0.2) is 0 Å². The van der Waals surface area contributed by atoms with Gasteiger partial charge in [0, 0.05) is 0 Å². The Labute approximate surface area is 117 Å². The van der Waals surface area contributed by atoms with Gasteiger partial charge in [-0.25, -0.2) is 0 Å². The highest BCUT2D eigenvalue weighted by Crippen LogP contribution is 2.09. The third-order valence-electron chi connectivity index (χ3n) is 1.58. The lowest BCUT2D eigenvalue weighted by atomic mass is 10.1. The molecule has 18 heavy (non-hydrogen) atoms. The van der Waals surface area contributed by atoms with Crippen LogP contribution < -0.4 is 0 Å². The highest BCUT2D eigenvalue weighted by Gasteiger charge is 1.89. The molecule has 0 saturated heterocycles. The summed E-state index contributed by atoms with van der Waals surface area (Å²) in [6.45, 7) is 22.1. The summed E-state index contributed by atoms with van der Waals surface area (Å²) >= 11 is 0. The van der Waals surface area contributed by atoms with Gasteiger partial charge in [0.05, 0.1) is 0 Å². The largest absolute Gasteiger partial charge is 0.0985 e. The zero-order valence-corrected chi connectivity index (χ0v) is 14.3. The summed E-state index contributed by atoms with van der Waals surface area (Å²) in [5.74, 6) is 0. The molecule has 0 heteroatoms. The molecule has 0 radical (unpaired) electrons. The van der Waals surface area contributed by atoms with Crippen molar-refractivity contribution in [3.05, 3.63) is 48.1 Å². The van der Waals surface area contributed by atoms with E-state index < -0.39 is 0 Å². The Balaban J connectivity index is -0.000000118. The van der Waals surface area contributed by atoms with Gasteiger partial charge in [-0.2, -0.15) is 0 Å². The van der Waals surface area contributed by atoms with Gasteiger partial charge in [0.15, 0.2) is 0 Å². The molecule has 0 bridgehead atoms. The van der Waals surface area contributed by atoms with Crippen LogP contribution in [0.5, 0.6) is 0 Å². The third-order valence-corrected chi connectivity index (χ3v) is 1.58. The molecule has 0 aromatic heterocycles. The van der Waals surface area contributed by atoms with Gasteiger partial charge < -0.3 is 0 Å². The fraction of sp³-hybridized carbons (Fsp3) is 0.556. The van der Waals surface area contributed by atoms with Crippen molar-refractivity contribution in [2.75, 3.05) is 0 Å². The van der Waals surface area contributed by atoms with Crippen molar-refractivity contribution in [3.8, 4) is 0 Å². The minimum Gasteiger partial charge on any atom is -0.0985 e. The lowest BCUT2D eigenvalue weighted by Gasteiger charge is -1.98. The molecule has 0 aromatic carbocycles. The topological polar surface area (TPSA) is 0 Å². The maximum atomic E-state index is 3.74. The summed E-state index contributed by atoms with van der Waals surface area (Å²) in [5, 5.41) is 0. The van der Waals surface area contributed by atoms with E-state index in [2.05, 4.69) is 39.5 Å². The van der Waals surface area contributed by atoms with Crippen LogP contribution in [0.3, 0.4) is 0 Å². The van der Waals surface area contributed by atoms with E-state index in [-0.39, 0.29) is 0 Å². The monoisotopic (exact) mass is 252 g/mol. The minimum absolute atomic E-state index is 1.19. The Bertz CT molecular complexity index is 214. The molecule has 0 saturated carbocycles. The standard InChI is InChI=1S/C11H16.C3H8.2C2H6/c1-5-8-9-11(7-3)10(4)6-2;1-3-2;2*1-2/h5-9H,3H2,1-2,4H3;3H2,1-2H3;2*1-2H3/b8-5-,10-6+,11-9+;;;. The van der Waals surface area contributed by atoms with Crippen molar-refractivity contribution >= 4 is 0 Å². The molecular weight excluding hydrogens is 216 g/mol. The van der Waals surface area contributed by atoms with Crippen LogP contribution in [0.15, 0.2) is 48.1 Å². The molecule has 0 heterocycles. The van der Waals surface area contributed by atoms with Gasteiger partial charge in [-0.3, -0.25) is 0 Å². The summed E-state index contributed by atoms with van der Waals surface area (Å²) in [4.78, 5) is 0. The molecule has 0 aromatic rings. The third kappa shape index (κ3) is 24.3. The molecule has 0 aliphatic rings. The van der Waals surface area contributed by atoms with Crippen LogP contribution in [0.4, 0.5) is 0 Å². The molecule has 0 nitrogen and oxygen atoms in total. The first kappa shape index (κ1) is 25.7. The van der Waals surface area contributed by atoms with Crippen molar-refractivity contribution in [1.82, 2.24) is 0 Å². The molecule has 0 aliphatic heterocycles. The molecule has 0 spiro atoms. The second-order valence-electron chi connectivity index (χ2n) is 3.03. The lowest BCUT2D eigenvalue weighted by molar-refractivity contribution is 1.09. The minimum atomic E-state index is 1.19. The zero-order chi connectivity index (χ0) is 15.4. The molecule has 0 fully saturated rings. The number of rotatable bonds is 3. The van der Waals surface area contributed by atoms with Gasteiger partial charge in [0.2, 0.25) is 0 Å². The lowest BCUT2D eigenvalue weighted by Crippen LogP contribution is -1.77. The Morgan fingerprint density at radius 2 is 1.39 bits per heavy atom. The maximum absolute atomic E-state index is 3.74. The van der Waals surface area contributed by atoms with Gasteiger partial charge in [0.1, 0.15) is 0 Å². The normalized spacial score (nSPS) is 10.3. The van der Waals surface area contributed by atoms with E-state index in [9.17, 15) is 0 Å². The van der Waals surface area contributed by atoms with Crippen LogP contribution in [0.2, 0.25) is 0 Å². The van der Waals surface area contributed by atoms with Gasteiger partial charge in [-0.15, -0.1) is 0 Å². The molecule has 0 amide bonds. The van der Waals surface area contributed by atoms with Crippen LogP contribution in [-0.2, 0) is 0 Å². The van der Waals surface area contributed by atoms with Gasteiger partial charge in [-0.1, -0.05) is 84.9 Å². The SMILES string of the molecule is C=CC(=C\C=C/C)/C(C)=C/C.CC.CC.CCC. The second-order valence-corrected chi connectivity index (χ2v) is 3.03. The fourth-order valence-corrected chi connectivity index (χ4v) is 0.727. The first-order chi connectivity index (χ1) is 8.67. The summed E-state index contributed by atoms with van der Waals surface area (Å²) in [6.07, 6.45) is 11.3. The van der Waals surface area contributed by atoms with E-state index in [1.807, 2.05) is 59.8 Å². The molecular formula is C18H36. The van der Waals surface area contributed by atoms with Crippen LogP contribution in [0.1, 0.15) is 68.7 Å².